The third-order valence-corrected chi connectivity index (χ3v) is 5.46. The lowest BCUT2D eigenvalue weighted by atomic mass is 10.1. The van der Waals surface area contributed by atoms with Crippen LogP contribution in [0.5, 0.6) is 5.75 Å². The van der Waals surface area contributed by atoms with Gasteiger partial charge in [0.2, 0.25) is 4.96 Å². The fraction of sp³-hybridized carbons (Fsp3) is 0.130. The molecule has 6 nitrogen and oxygen atoms in total. The largest absolute Gasteiger partial charge is 0.489 e. The second-order valence-electron chi connectivity index (χ2n) is 6.77. The Morgan fingerprint density at radius 1 is 1.13 bits per heavy atom. The number of rotatable bonds is 6. The summed E-state index contributed by atoms with van der Waals surface area (Å²) in [5.41, 5.74) is 2.34. The van der Waals surface area contributed by atoms with E-state index in [0.29, 0.717) is 23.3 Å². The van der Waals surface area contributed by atoms with Gasteiger partial charge in [0.25, 0.3) is 11.1 Å². The molecule has 0 unspecified atom stereocenters. The van der Waals surface area contributed by atoms with E-state index in [1.807, 2.05) is 55.5 Å². The van der Waals surface area contributed by atoms with Crippen LogP contribution in [0, 0.1) is 6.92 Å². The predicted octanol–water partition coefficient (Wildman–Crippen LogP) is 2.52. The summed E-state index contributed by atoms with van der Waals surface area (Å²) in [4.78, 5) is 29.7. The van der Waals surface area contributed by atoms with Crippen molar-refractivity contribution < 1.29 is 4.74 Å². The summed E-state index contributed by atoms with van der Waals surface area (Å²) in [6.45, 7) is 6.01. The maximum Gasteiger partial charge on any atom is 0.296 e. The minimum absolute atomic E-state index is 0.243. The van der Waals surface area contributed by atoms with Crippen LogP contribution in [0.1, 0.15) is 22.4 Å². The van der Waals surface area contributed by atoms with Crippen LogP contribution in [-0.4, -0.2) is 21.2 Å². The summed E-state index contributed by atoms with van der Waals surface area (Å²) < 4.78 is 7.28. The van der Waals surface area contributed by atoms with Crippen molar-refractivity contribution in [3.05, 3.63) is 109 Å². The zero-order chi connectivity index (χ0) is 21.1. The van der Waals surface area contributed by atoms with Gasteiger partial charge in [-0.1, -0.05) is 72.0 Å². The van der Waals surface area contributed by atoms with Crippen LogP contribution in [0.15, 0.2) is 70.8 Å². The number of benzene rings is 2. The molecule has 0 N–H and O–H groups in total. The Labute approximate surface area is 176 Å². The van der Waals surface area contributed by atoms with E-state index in [9.17, 15) is 9.59 Å². The van der Waals surface area contributed by atoms with Gasteiger partial charge < -0.3 is 4.74 Å². The zero-order valence-electron chi connectivity index (χ0n) is 16.4. The average Bonchev–Trinajstić information content (AvgIpc) is 3.04. The van der Waals surface area contributed by atoms with Gasteiger partial charge in [-0.05, 0) is 24.6 Å². The first-order chi connectivity index (χ1) is 14.5. The third kappa shape index (κ3) is 4.06. The topological polar surface area (TPSA) is 73.6 Å². The van der Waals surface area contributed by atoms with Crippen LogP contribution >= 0.6 is 11.3 Å². The highest BCUT2D eigenvalue weighted by atomic mass is 32.1. The second kappa shape index (κ2) is 8.42. The summed E-state index contributed by atoms with van der Waals surface area (Å²) in [6.07, 6.45) is 3.71. The van der Waals surface area contributed by atoms with Crippen LogP contribution in [0.2, 0.25) is 0 Å². The number of thiazole rings is 1. The molecule has 0 aliphatic heterocycles. The highest BCUT2D eigenvalue weighted by Crippen LogP contribution is 2.18. The lowest BCUT2D eigenvalue weighted by molar-refractivity contribution is 0.362. The Morgan fingerprint density at radius 2 is 1.90 bits per heavy atom. The van der Waals surface area contributed by atoms with Gasteiger partial charge in [0.15, 0.2) is 0 Å². The summed E-state index contributed by atoms with van der Waals surface area (Å²) in [5, 5.41) is 4.30. The number of fused-ring (bicyclic) bond motifs is 1. The Hall–Kier alpha value is -3.58. The Morgan fingerprint density at radius 3 is 2.67 bits per heavy atom. The highest BCUT2D eigenvalue weighted by Gasteiger charge is 2.12. The van der Waals surface area contributed by atoms with Crippen molar-refractivity contribution in [2.45, 2.75) is 13.3 Å². The average molecular weight is 417 g/mol. The van der Waals surface area contributed by atoms with E-state index in [4.69, 9.17) is 4.74 Å². The molecule has 0 amide bonds. The summed E-state index contributed by atoms with van der Waals surface area (Å²) in [6, 6.07) is 15.2. The number of aryl methyl sites for hydroxylation is 1. The molecule has 0 radical (unpaired) electrons. The minimum atomic E-state index is -0.418. The second-order valence-corrected chi connectivity index (χ2v) is 7.78. The van der Waals surface area contributed by atoms with Crippen molar-refractivity contribution in [1.82, 2.24) is 14.6 Å². The first-order valence-electron chi connectivity index (χ1n) is 9.38. The Kier molecular flexibility index (Phi) is 5.54. The lowest BCUT2D eigenvalue weighted by Crippen LogP contribution is -2.28. The van der Waals surface area contributed by atoms with Gasteiger partial charge in [0.05, 0.1) is 4.53 Å². The van der Waals surface area contributed by atoms with Crippen molar-refractivity contribution >= 4 is 22.4 Å². The monoisotopic (exact) mass is 417 g/mol. The number of ether oxygens (including phenoxy) is 1. The Balaban J connectivity index is 1.77. The molecule has 30 heavy (non-hydrogen) atoms. The maximum absolute atomic E-state index is 12.9. The molecule has 0 fully saturated rings. The molecular formula is C23H19N3O3S. The maximum atomic E-state index is 12.9. The molecule has 0 saturated carbocycles. The van der Waals surface area contributed by atoms with E-state index < -0.39 is 5.56 Å². The van der Waals surface area contributed by atoms with Gasteiger partial charge in [0, 0.05) is 12.0 Å². The summed E-state index contributed by atoms with van der Waals surface area (Å²) in [5.74, 6) is 0.643. The standard InChI is InChI=1S/C23H19N3O3S/c1-3-12-29-19-7-5-4-6-17(19)14-20-22(28)26-23(30-20)24-21(27)18(25-26)13-16-10-8-15(2)9-11-16/h3-11,14H,1,12-13H2,2H3/b20-14-. The Bertz CT molecular complexity index is 1390. The SMILES string of the molecule is C=CCOc1ccccc1/C=c1\sc2nc(=O)c(Cc3ccc(C)cc3)nn2c1=O. The number of hydrogen-bond donors (Lipinski definition) is 0. The van der Waals surface area contributed by atoms with Crippen LogP contribution < -0.4 is 20.4 Å². The number of aromatic nitrogens is 3. The molecule has 4 aromatic rings. The number of nitrogens with zero attached hydrogens (tertiary/aromatic N) is 3. The van der Waals surface area contributed by atoms with E-state index in [0.717, 1.165) is 28.0 Å². The van der Waals surface area contributed by atoms with Crippen LogP contribution in [0.25, 0.3) is 11.0 Å². The van der Waals surface area contributed by atoms with Gasteiger partial charge in [-0.15, -0.1) is 0 Å². The quantitative estimate of drug-likeness (QED) is 0.451. The van der Waals surface area contributed by atoms with Gasteiger partial charge in [-0.25, -0.2) is 0 Å². The summed E-state index contributed by atoms with van der Waals surface area (Å²) in [7, 11) is 0. The lowest BCUT2D eigenvalue weighted by Gasteiger charge is -2.05. The van der Waals surface area contributed by atoms with E-state index in [-0.39, 0.29) is 16.2 Å². The van der Waals surface area contributed by atoms with E-state index in [1.165, 1.54) is 4.52 Å². The minimum Gasteiger partial charge on any atom is -0.489 e. The fourth-order valence-corrected chi connectivity index (χ4v) is 3.87. The van der Waals surface area contributed by atoms with Crippen LogP contribution in [0.3, 0.4) is 0 Å². The molecule has 0 aliphatic carbocycles. The molecule has 2 aromatic heterocycles. The number of hydrogen-bond acceptors (Lipinski definition) is 6. The molecule has 0 aliphatic rings. The molecule has 0 bridgehead atoms. The normalized spacial score (nSPS) is 11.7. The van der Waals surface area contributed by atoms with Crippen molar-refractivity contribution in [2.24, 2.45) is 0 Å². The third-order valence-electron chi connectivity index (χ3n) is 4.50. The van der Waals surface area contributed by atoms with E-state index in [2.05, 4.69) is 16.7 Å². The molecule has 4 rings (SSSR count). The molecule has 0 spiro atoms. The molecule has 2 aromatic carbocycles. The van der Waals surface area contributed by atoms with Gasteiger partial charge in [-0.3, -0.25) is 9.59 Å². The molecule has 7 heteroatoms. The molecule has 0 saturated heterocycles. The summed E-state index contributed by atoms with van der Waals surface area (Å²) >= 11 is 1.13. The number of para-hydroxylation sites is 1. The smallest absolute Gasteiger partial charge is 0.296 e. The van der Waals surface area contributed by atoms with Gasteiger partial charge in [0.1, 0.15) is 18.1 Å². The zero-order valence-corrected chi connectivity index (χ0v) is 17.2. The van der Waals surface area contributed by atoms with E-state index in [1.54, 1.807) is 12.2 Å². The molecule has 150 valence electrons. The molecule has 0 atom stereocenters. The highest BCUT2D eigenvalue weighted by molar-refractivity contribution is 7.15. The van der Waals surface area contributed by atoms with Crippen LogP contribution in [-0.2, 0) is 6.42 Å². The first kappa shape index (κ1) is 19.7. The first-order valence-corrected chi connectivity index (χ1v) is 10.2. The predicted molar refractivity (Wildman–Crippen MR) is 118 cm³/mol. The molecule has 2 heterocycles. The van der Waals surface area contributed by atoms with Crippen molar-refractivity contribution in [3.63, 3.8) is 0 Å². The fourth-order valence-electron chi connectivity index (χ4n) is 2.97. The van der Waals surface area contributed by atoms with Gasteiger partial charge >= 0.3 is 0 Å². The van der Waals surface area contributed by atoms with Crippen LogP contribution in [0.4, 0.5) is 0 Å². The van der Waals surface area contributed by atoms with Gasteiger partial charge in [-0.2, -0.15) is 14.6 Å². The van der Waals surface area contributed by atoms with Crippen molar-refractivity contribution in [3.8, 4) is 5.75 Å². The van der Waals surface area contributed by atoms with Crippen molar-refractivity contribution in [2.75, 3.05) is 6.61 Å². The van der Waals surface area contributed by atoms with Crippen molar-refractivity contribution in [1.29, 1.82) is 0 Å². The van der Waals surface area contributed by atoms with E-state index >= 15 is 0 Å². The molecular weight excluding hydrogens is 398 g/mol.